The molecule has 1 unspecified atom stereocenters. The molecule has 1 atom stereocenters. The first-order valence-electron chi connectivity index (χ1n) is 8.27. The number of aromatic nitrogens is 2. The topological polar surface area (TPSA) is 58.1 Å². The van der Waals surface area contributed by atoms with Crippen molar-refractivity contribution in [2.75, 3.05) is 18.4 Å². The van der Waals surface area contributed by atoms with E-state index in [9.17, 15) is 4.79 Å². The number of piperidine rings is 1. The molecular weight excluding hydrogens is 324 g/mol. The van der Waals surface area contributed by atoms with Crippen molar-refractivity contribution >= 4 is 23.3 Å². The summed E-state index contributed by atoms with van der Waals surface area (Å²) in [4.78, 5) is 23.0. The number of anilines is 1. The van der Waals surface area contributed by atoms with Crippen molar-refractivity contribution in [2.45, 2.75) is 32.2 Å². The zero-order valence-corrected chi connectivity index (χ0v) is 14.5. The minimum Gasteiger partial charge on any atom is -0.361 e. The van der Waals surface area contributed by atoms with Crippen molar-refractivity contribution in [1.82, 2.24) is 14.9 Å². The van der Waals surface area contributed by atoms with Gasteiger partial charge in [0.1, 0.15) is 5.82 Å². The highest BCUT2D eigenvalue weighted by Crippen LogP contribution is 2.25. The fraction of sp³-hybridized carbons (Fsp3) is 0.389. The lowest BCUT2D eigenvalue weighted by Crippen LogP contribution is -2.35. The minimum absolute atomic E-state index is 0.00780. The molecule has 1 fully saturated rings. The van der Waals surface area contributed by atoms with Gasteiger partial charge < -0.3 is 10.2 Å². The van der Waals surface area contributed by atoms with Gasteiger partial charge in [0.2, 0.25) is 0 Å². The van der Waals surface area contributed by atoms with Crippen molar-refractivity contribution < 1.29 is 4.79 Å². The Balaban J connectivity index is 1.71. The van der Waals surface area contributed by atoms with Crippen LogP contribution >= 0.6 is 11.6 Å². The highest BCUT2D eigenvalue weighted by molar-refractivity contribution is 6.33. The molecule has 0 aromatic carbocycles. The van der Waals surface area contributed by atoms with Gasteiger partial charge in [0.25, 0.3) is 5.91 Å². The Morgan fingerprint density at radius 3 is 2.71 bits per heavy atom. The normalized spacial score (nSPS) is 15.8. The van der Waals surface area contributed by atoms with Gasteiger partial charge in [0.15, 0.2) is 0 Å². The molecule has 1 aliphatic rings. The molecular formula is C18H21ClN4O. The maximum Gasteiger partial charge on any atom is 0.255 e. The molecule has 1 saturated heterocycles. The lowest BCUT2D eigenvalue weighted by atomic mass is 10.1. The van der Waals surface area contributed by atoms with Crippen LogP contribution in [0.4, 0.5) is 5.82 Å². The van der Waals surface area contributed by atoms with E-state index in [2.05, 4.69) is 15.3 Å². The molecule has 0 aliphatic carbocycles. The number of carbonyl (C=O) groups is 1. The van der Waals surface area contributed by atoms with E-state index in [4.69, 9.17) is 11.6 Å². The molecule has 3 rings (SSSR count). The van der Waals surface area contributed by atoms with Crippen LogP contribution < -0.4 is 5.32 Å². The first-order chi connectivity index (χ1) is 11.6. The van der Waals surface area contributed by atoms with E-state index in [0.717, 1.165) is 31.6 Å². The summed E-state index contributed by atoms with van der Waals surface area (Å²) in [6, 6.07) is 7.43. The van der Waals surface area contributed by atoms with Gasteiger partial charge in [-0.1, -0.05) is 17.7 Å². The van der Waals surface area contributed by atoms with Gasteiger partial charge in [0, 0.05) is 25.5 Å². The first kappa shape index (κ1) is 16.7. The van der Waals surface area contributed by atoms with Crippen LogP contribution in [-0.4, -0.2) is 33.9 Å². The van der Waals surface area contributed by atoms with E-state index < -0.39 is 0 Å². The van der Waals surface area contributed by atoms with Crippen molar-refractivity contribution in [1.29, 1.82) is 0 Å². The quantitative estimate of drug-likeness (QED) is 0.913. The highest BCUT2D eigenvalue weighted by atomic mass is 35.5. The molecule has 3 heterocycles. The second-order valence-corrected chi connectivity index (χ2v) is 6.44. The van der Waals surface area contributed by atoms with Gasteiger partial charge in [-0.25, -0.2) is 4.98 Å². The van der Waals surface area contributed by atoms with Crippen LogP contribution in [-0.2, 0) is 0 Å². The molecule has 1 N–H and O–H groups in total. The Bertz CT molecular complexity index is 701. The predicted molar refractivity (Wildman–Crippen MR) is 95.3 cm³/mol. The Kier molecular flexibility index (Phi) is 5.30. The predicted octanol–water partition coefficient (Wildman–Crippen LogP) is 3.93. The summed E-state index contributed by atoms with van der Waals surface area (Å²) in [6.07, 6.45) is 6.67. The summed E-state index contributed by atoms with van der Waals surface area (Å²) in [5.41, 5.74) is 1.45. The summed E-state index contributed by atoms with van der Waals surface area (Å²) >= 11 is 6.33. The Morgan fingerprint density at radius 2 is 2.04 bits per heavy atom. The van der Waals surface area contributed by atoms with Crippen molar-refractivity contribution in [3.63, 3.8) is 0 Å². The number of hydrogen-bond acceptors (Lipinski definition) is 4. The number of halogens is 1. The smallest absolute Gasteiger partial charge is 0.255 e. The zero-order valence-electron chi connectivity index (χ0n) is 13.7. The van der Waals surface area contributed by atoms with Crippen LogP contribution in [0.2, 0.25) is 5.02 Å². The van der Waals surface area contributed by atoms with Gasteiger partial charge in [-0.3, -0.25) is 9.78 Å². The van der Waals surface area contributed by atoms with Crippen LogP contribution in [0.1, 0.15) is 48.3 Å². The van der Waals surface area contributed by atoms with Crippen molar-refractivity contribution in [3.05, 3.63) is 52.9 Å². The Morgan fingerprint density at radius 1 is 1.25 bits per heavy atom. The molecule has 5 nitrogen and oxygen atoms in total. The van der Waals surface area contributed by atoms with Crippen molar-refractivity contribution in [3.8, 4) is 0 Å². The zero-order chi connectivity index (χ0) is 16.9. The number of rotatable bonds is 4. The fourth-order valence-electron chi connectivity index (χ4n) is 2.85. The number of likely N-dealkylation sites (tertiary alicyclic amines) is 1. The molecule has 0 bridgehead atoms. The second-order valence-electron chi connectivity index (χ2n) is 6.03. The van der Waals surface area contributed by atoms with Gasteiger partial charge in [-0.15, -0.1) is 0 Å². The summed E-state index contributed by atoms with van der Waals surface area (Å²) < 4.78 is 0. The molecule has 0 radical (unpaired) electrons. The third-order valence-corrected chi connectivity index (χ3v) is 4.50. The van der Waals surface area contributed by atoms with Crippen molar-refractivity contribution in [2.24, 2.45) is 0 Å². The monoisotopic (exact) mass is 344 g/mol. The van der Waals surface area contributed by atoms with Crippen LogP contribution in [0.5, 0.6) is 0 Å². The number of amides is 1. The minimum atomic E-state index is -0.0279. The standard InChI is InChI=1S/C18H21ClN4O/c1-13(16-7-3-4-8-20-16)22-17-15(19)11-14(12-21-17)18(24)23-9-5-2-6-10-23/h3-4,7-8,11-13H,2,5-6,9-10H2,1H3,(H,21,22). The van der Waals surface area contributed by atoms with E-state index >= 15 is 0 Å². The second kappa shape index (κ2) is 7.62. The third kappa shape index (κ3) is 3.85. The molecule has 1 aliphatic heterocycles. The number of nitrogens with zero attached hydrogens (tertiary/aromatic N) is 3. The van der Waals surface area contributed by atoms with Crippen LogP contribution in [0.3, 0.4) is 0 Å². The number of hydrogen-bond donors (Lipinski definition) is 1. The molecule has 2 aromatic heterocycles. The maximum absolute atomic E-state index is 12.5. The lowest BCUT2D eigenvalue weighted by molar-refractivity contribution is 0.0724. The molecule has 1 amide bonds. The fourth-order valence-corrected chi connectivity index (χ4v) is 3.07. The molecule has 0 saturated carbocycles. The maximum atomic E-state index is 12.5. The van der Waals surface area contributed by atoms with Crippen LogP contribution in [0.25, 0.3) is 0 Å². The molecule has 6 heteroatoms. The Hall–Kier alpha value is -2.14. The molecule has 126 valence electrons. The highest BCUT2D eigenvalue weighted by Gasteiger charge is 2.20. The van der Waals surface area contributed by atoms with Gasteiger partial charge in [-0.2, -0.15) is 0 Å². The van der Waals surface area contributed by atoms with E-state index in [1.807, 2.05) is 30.0 Å². The van der Waals surface area contributed by atoms with Crippen LogP contribution in [0, 0.1) is 0 Å². The largest absolute Gasteiger partial charge is 0.361 e. The van der Waals surface area contributed by atoms with Gasteiger partial charge >= 0.3 is 0 Å². The molecule has 2 aromatic rings. The summed E-state index contributed by atoms with van der Waals surface area (Å²) in [6.45, 7) is 3.62. The van der Waals surface area contributed by atoms with E-state index in [1.165, 1.54) is 6.42 Å². The van der Waals surface area contributed by atoms with Gasteiger partial charge in [-0.05, 0) is 44.4 Å². The first-order valence-corrected chi connectivity index (χ1v) is 8.65. The number of pyridine rings is 2. The van der Waals surface area contributed by atoms with Gasteiger partial charge in [0.05, 0.1) is 22.3 Å². The summed E-state index contributed by atoms with van der Waals surface area (Å²) in [5, 5.41) is 3.69. The SMILES string of the molecule is CC(Nc1ncc(C(=O)N2CCCCC2)cc1Cl)c1ccccn1. The van der Waals surface area contributed by atoms with E-state index in [-0.39, 0.29) is 11.9 Å². The summed E-state index contributed by atoms with van der Waals surface area (Å²) in [7, 11) is 0. The van der Waals surface area contributed by atoms with E-state index in [0.29, 0.717) is 16.4 Å². The average Bonchev–Trinajstić information content (AvgIpc) is 2.64. The van der Waals surface area contributed by atoms with E-state index in [1.54, 1.807) is 18.5 Å². The summed E-state index contributed by atoms with van der Waals surface area (Å²) in [5.74, 6) is 0.568. The lowest BCUT2D eigenvalue weighted by Gasteiger charge is -2.26. The molecule has 24 heavy (non-hydrogen) atoms. The van der Waals surface area contributed by atoms with Crippen LogP contribution in [0.15, 0.2) is 36.7 Å². The molecule has 0 spiro atoms. The number of nitrogens with one attached hydrogen (secondary N) is 1. The Labute approximate surface area is 147 Å². The number of carbonyl (C=O) groups excluding carboxylic acids is 1. The third-order valence-electron chi connectivity index (χ3n) is 4.22. The average molecular weight is 345 g/mol.